The molecule has 2 aromatic rings. The minimum atomic E-state index is -0.245. The fraction of sp³-hybridized carbons (Fsp3) is 0.0667. The van der Waals surface area contributed by atoms with Gasteiger partial charge in [-0.15, -0.1) is 0 Å². The Hall–Kier alpha value is -1.94. The SMILES string of the molecule is O=Cc1ccccc1C(=O)NCc1ccc(Br)cc1. The monoisotopic (exact) mass is 317 g/mol. The molecule has 96 valence electrons. The number of nitrogens with one attached hydrogen (secondary N) is 1. The summed E-state index contributed by atoms with van der Waals surface area (Å²) >= 11 is 3.35. The third-order valence-electron chi connectivity index (χ3n) is 2.70. The predicted octanol–water partition coefficient (Wildman–Crippen LogP) is 3.19. The van der Waals surface area contributed by atoms with Crippen molar-refractivity contribution in [2.75, 3.05) is 0 Å². The molecule has 0 heterocycles. The van der Waals surface area contributed by atoms with Gasteiger partial charge in [0.1, 0.15) is 0 Å². The Morgan fingerprint density at radius 3 is 2.47 bits per heavy atom. The highest BCUT2D eigenvalue weighted by atomic mass is 79.9. The van der Waals surface area contributed by atoms with Gasteiger partial charge >= 0.3 is 0 Å². The van der Waals surface area contributed by atoms with Gasteiger partial charge < -0.3 is 5.32 Å². The van der Waals surface area contributed by atoms with Gasteiger partial charge in [0, 0.05) is 22.1 Å². The van der Waals surface area contributed by atoms with Crippen LogP contribution in [-0.2, 0) is 6.54 Å². The first-order valence-corrected chi connectivity index (χ1v) is 6.57. The first-order chi connectivity index (χ1) is 9.20. The number of carbonyl (C=O) groups excluding carboxylic acids is 2. The molecule has 1 amide bonds. The van der Waals surface area contributed by atoms with E-state index in [-0.39, 0.29) is 5.91 Å². The van der Waals surface area contributed by atoms with Gasteiger partial charge in [0.05, 0.1) is 0 Å². The van der Waals surface area contributed by atoms with E-state index < -0.39 is 0 Å². The quantitative estimate of drug-likeness (QED) is 0.880. The molecule has 0 spiro atoms. The molecule has 0 fully saturated rings. The van der Waals surface area contributed by atoms with Gasteiger partial charge in [0.15, 0.2) is 6.29 Å². The summed E-state index contributed by atoms with van der Waals surface area (Å²) in [7, 11) is 0. The molecule has 0 saturated carbocycles. The van der Waals surface area contributed by atoms with Gasteiger partial charge in [-0.05, 0) is 23.8 Å². The van der Waals surface area contributed by atoms with E-state index in [0.29, 0.717) is 24.0 Å². The van der Waals surface area contributed by atoms with E-state index in [2.05, 4.69) is 21.2 Å². The molecule has 2 rings (SSSR count). The van der Waals surface area contributed by atoms with Crippen molar-refractivity contribution in [3.8, 4) is 0 Å². The van der Waals surface area contributed by atoms with Gasteiger partial charge in [-0.25, -0.2) is 0 Å². The van der Waals surface area contributed by atoms with Crippen LogP contribution in [-0.4, -0.2) is 12.2 Å². The van der Waals surface area contributed by atoms with E-state index in [1.807, 2.05) is 24.3 Å². The van der Waals surface area contributed by atoms with E-state index in [4.69, 9.17) is 0 Å². The number of aldehydes is 1. The average molecular weight is 318 g/mol. The van der Waals surface area contributed by atoms with E-state index in [1.54, 1.807) is 24.3 Å². The van der Waals surface area contributed by atoms with Crippen molar-refractivity contribution >= 4 is 28.1 Å². The zero-order valence-electron chi connectivity index (χ0n) is 10.1. The lowest BCUT2D eigenvalue weighted by molar-refractivity contribution is 0.0945. The van der Waals surface area contributed by atoms with Crippen LogP contribution in [0.15, 0.2) is 53.0 Å². The van der Waals surface area contributed by atoms with Crippen molar-refractivity contribution in [2.45, 2.75) is 6.54 Å². The van der Waals surface area contributed by atoms with Crippen molar-refractivity contribution in [1.82, 2.24) is 5.32 Å². The smallest absolute Gasteiger partial charge is 0.252 e. The molecule has 3 nitrogen and oxygen atoms in total. The summed E-state index contributed by atoms with van der Waals surface area (Å²) in [6.45, 7) is 0.430. The van der Waals surface area contributed by atoms with Crippen LogP contribution >= 0.6 is 15.9 Å². The molecule has 1 N–H and O–H groups in total. The Balaban J connectivity index is 2.05. The summed E-state index contributed by atoms with van der Waals surface area (Å²) in [5.74, 6) is -0.245. The minimum absolute atomic E-state index is 0.245. The van der Waals surface area contributed by atoms with E-state index in [9.17, 15) is 9.59 Å². The van der Waals surface area contributed by atoms with Crippen LogP contribution < -0.4 is 5.32 Å². The van der Waals surface area contributed by atoms with E-state index >= 15 is 0 Å². The topological polar surface area (TPSA) is 46.2 Å². The molecular formula is C15H12BrNO2. The number of carbonyl (C=O) groups is 2. The molecule has 0 aliphatic carbocycles. The second-order valence-corrected chi connectivity index (χ2v) is 4.93. The third kappa shape index (κ3) is 3.51. The minimum Gasteiger partial charge on any atom is -0.348 e. The Bertz CT molecular complexity index is 593. The van der Waals surface area contributed by atoms with Crippen LogP contribution in [0.25, 0.3) is 0 Å². The van der Waals surface area contributed by atoms with Gasteiger partial charge in [-0.1, -0.05) is 46.3 Å². The number of amides is 1. The Morgan fingerprint density at radius 2 is 1.79 bits per heavy atom. The van der Waals surface area contributed by atoms with Crippen LogP contribution in [0, 0.1) is 0 Å². The summed E-state index contributed by atoms with van der Waals surface area (Å²) < 4.78 is 0.994. The molecule has 0 bridgehead atoms. The summed E-state index contributed by atoms with van der Waals surface area (Å²) in [5, 5.41) is 2.80. The molecule has 0 aliphatic rings. The summed E-state index contributed by atoms with van der Waals surface area (Å²) in [6, 6.07) is 14.4. The number of hydrogen-bond acceptors (Lipinski definition) is 2. The Kier molecular flexibility index (Phi) is 4.47. The van der Waals surface area contributed by atoms with Crippen molar-refractivity contribution in [1.29, 1.82) is 0 Å². The lowest BCUT2D eigenvalue weighted by Crippen LogP contribution is -2.23. The molecule has 0 unspecified atom stereocenters. The maximum Gasteiger partial charge on any atom is 0.252 e. The number of halogens is 1. The largest absolute Gasteiger partial charge is 0.348 e. The summed E-state index contributed by atoms with van der Waals surface area (Å²) in [6.07, 6.45) is 0.689. The first-order valence-electron chi connectivity index (χ1n) is 5.77. The van der Waals surface area contributed by atoms with Crippen molar-refractivity contribution in [3.63, 3.8) is 0 Å². The number of benzene rings is 2. The molecule has 0 aromatic heterocycles. The van der Waals surface area contributed by atoms with Crippen molar-refractivity contribution in [2.24, 2.45) is 0 Å². The second kappa shape index (κ2) is 6.29. The highest BCUT2D eigenvalue weighted by Crippen LogP contribution is 2.11. The summed E-state index contributed by atoms with van der Waals surface area (Å²) in [5.41, 5.74) is 1.80. The average Bonchev–Trinajstić information content (AvgIpc) is 2.46. The molecule has 0 aliphatic heterocycles. The van der Waals surface area contributed by atoms with Crippen molar-refractivity contribution in [3.05, 3.63) is 69.7 Å². The highest BCUT2D eigenvalue weighted by Gasteiger charge is 2.09. The second-order valence-electron chi connectivity index (χ2n) is 4.01. The van der Waals surface area contributed by atoms with Gasteiger partial charge in [0.2, 0.25) is 0 Å². The Morgan fingerprint density at radius 1 is 1.11 bits per heavy atom. The molecule has 0 saturated heterocycles. The maximum atomic E-state index is 12.0. The standard InChI is InChI=1S/C15H12BrNO2/c16-13-7-5-11(6-8-13)9-17-15(19)14-4-2-1-3-12(14)10-18/h1-8,10H,9H2,(H,17,19). The molecule has 19 heavy (non-hydrogen) atoms. The molecule has 2 aromatic carbocycles. The van der Waals surface area contributed by atoms with Gasteiger partial charge in [0.25, 0.3) is 5.91 Å². The maximum absolute atomic E-state index is 12.0. The van der Waals surface area contributed by atoms with Gasteiger partial charge in [-0.3, -0.25) is 9.59 Å². The lowest BCUT2D eigenvalue weighted by Gasteiger charge is -2.07. The fourth-order valence-corrected chi connectivity index (χ4v) is 1.95. The van der Waals surface area contributed by atoms with Crippen LogP contribution in [0.1, 0.15) is 26.3 Å². The van der Waals surface area contributed by atoms with Gasteiger partial charge in [-0.2, -0.15) is 0 Å². The van der Waals surface area contributed by atoms with Crippen LogP contribution in [0.4, 0.5) is 0 Å². The van der Waals surface area contributed by atoms with Crippen LogP contribution in [0.2, 0.25) is 0 Å². The number of rotatable bonds is 4. The summed E-state index contributed by atoms with van der Waals surface area (Å²) in [4.78, 5) is 22.8. The molecular weight excluding hydrogens is 306 g/mol. The van der Waals surface area contributed by atoms with Crippen LogP contribution in [0.3, 0.4) is 0 Å². The van der Waals surface area contributed by atoms with Crippen molar-refractivity contribution < 1.29 is 9.59 Å². The molecule has 0 atom stereocenters. The number of hydrogen-bond donors (Lipinski definition) is 1. The zero-order valence-corrected chi connectivity index (χ0v) is 11.7. The van der Waals surface area contributed by atoms with Crippen LogP contribution in [0.5, 0.6) is 0 Å². The predicted molar refractivity (Wildman–Crippen MR) is 77.1 cm³/mol. The Labute approximate surface area is 119 Å². The van der Waals surface area contributed by atoms with E-state index in [1.165, 1.54) is 0 Å². The third-order valence-corrected chi connectivity index (χ3v) is 3.23. The first kappa shape index (κ1) is 13.5. The molecule has 4 heteroatoms. The fourth-order valence-electron chi connectivity index (χ4n) is 1.69. The highest BCUT2D eigenvalue weighted by molar-refractivity contribution is 9.10. The lowest BCUT2D eigenvalue weighted by atomic mass is 10.1. The molecule has 0 radical (unpaired) electrons. The van der Waals surface area contributed by atoms with E-state index in [0.717, 1.165) is 10.0 Å². The normalized spacial score (nSPS) is 9.95. The zero-order chi connectivity index (χ0) is 13.7.